The number of hydrogen-bond donors (Lipinski definition) is 1. The highest BCUT2D eigenvalue weighted by Gasteiger charge is 2.22. The van der Waals surface area contributed by atoms with Crippen molar-refractivity contribution >= 4 is 12.2 Å². The van der Waals surface area contributed by atoms with Gasteiger partial charge in [0, 0.05) is 19.0 Å². The smallest absolute Gasteiger partial charge is 0.195 e. The minimum atomic E-state index is 0.625. The van der Waals surface area contributed by atoms with E-state index >= 15 is 0 Å². The van der Waals surface area contributed by atoms with Crippen LogP contribution in [0.15, 0.2) is 0 Å². The van der Waals surface area contributed by atoms with Crippen LogP contribution in [0.2, 0.25) is 0 Å². The molecule has 2 heterocycles. The van der Waals surface area contributed by atoms with Crippen LogP contribution in [0.25, 0.3) is 0 Å². The molecule has 0 aliphatic carbocycles. The van der Waals surface area contributed by atoms with E-state index in [9.17, 15) is 0 Å². The predicted octanol–water partition coefficient (Wildman–Crippen LogP) is 1.99. The summed E-state index contributed by atoms with van der Waals surface area (Å²) in [4.78, 5) is 2.42. The first kappa shape index (κ1) is 11.8. The van der Waals surface area contributed by atoms with Gasteiger partial charge in [-0.1, -0.05) is 6.92 Å². The molecule has 0 radical (unpaired) electrons. The minimum absolute atomic E-state index is 0.625. The van der Waals surface area contributed by atoms with E-state index in [0.717, 1.165) is 30.0 Å². The number of rotatable bonds is 4. The van der Waals surface area contributed by atoms with Crippen molar-refractivity contribution in [1.29, 1.82) is 0 Å². The third-order valence-electron chi connectivity index (χ3n) is 3.38. The fourth-order valence-electron chi connectivity index (χ4n) is 2.37. The summed E-state index contributed by atoms with van der Waals surface area (Å²) in [7, 11) is 2.20. The maximum Gasteiger partial charge on any atom is 0.195 e. The minimum Gasteiger partial charge on any atom is -0.303 e. The lowest BCUT2D eigenvalue weighted by Crippen LogP contribution is -2.30. The monoisotopic (exact) mass is 240 g/mol. The average molecular weight is 240 g/mol. The normalized spacial score (nSPS) is 21.8. The Morgan fingerprint density at radius 1 is 1.56 bits per heavy atom. The van der Waals surface area contributed by atoms with Gasteiger partial charge in [-0.05, 0) is 45.1 Å². The van der Waals surface area contributed by atoms with Crippen LogP contribution < -0.4 is 0 Å². The quantitative estimate of drug-likeness (QED) is 0.818. The van der Waals surface area contributed by atoms with Gasteiger partial charge in [-0.3, -0.25) is 5.10 Å². The molecule has 90 valence electrons. The number of aryl methyl sites for hydroxylation is 1. The summed E-state index contributed by atoms with van der Waals surface area (Å²) in [5, 5.41) is 7.21. The van der Waals surface area contributed by atoms with Crippen molar-refractivity contribution in [2.45, 2.75) is 45.2 Å². The van der Waals surface area contributed by atoms with Crippen LogP contribution in [0, 0.1) is 4.77 Å². The van der Waals surface area contributed by atoms with E-state index in [2.05, 4.69) is 33.6 Å². The first-order valence-electron chi connectivity index (χ1n) is 6.06. The summed E-state index contributed by atoms with van der Waals surface area (Å²) in [5.41, 5.74) is 0. The Labute approximate surface area is 102 Å². The number of nitrogens with zero attached hydrogens (tertiary/aromatic N) is 3. The van der Waals surface area contributed by atoms with E-state index in [-0.39, 0.29) is 0 Å². The first-order valence-corrected chi connectivity index (χ1v) is 6.47. The second-order valence-electron chi connectivity index (χ2n) is 4.58. The molecule has 1 saturated heterocycles. The molecule has 1 fully saturated rings. The number of aromatic nitrogens is 3. The molecule has 1 aliphatic rings. The Hall–Kier alpha value is -0.680. The first-order chi connectivity index (χ1) is 7.72. The number of H-pyrrole nitrogens is 1. The molecule has 0 spiro atoms. The lowest BCUT2D eigenvalue weighted by Gasteiger charge is -2.20. The van der Waals surface area contributed by atoms with Crippen molar-refractivity contribution in [2.75, 3.05) is 13.6 Å². The molecule has 4 nitrogen and oxygen atoms in total. The number of aromatic amines is 1. The summed E-state index contributed by atoms with van der Waals surface area (Å²) in [6.07, 6.45) is 4.69. The molecule has 0 saturated carbocycles. The van der Waals surface area contributed by atoms with E-state index in [4.69, 9.17) is 12.2 Å². The van der Waals surface area contributed by atoms with Crippen molar-refractivity contribution in [3.63, 3.8) is 0 Å². The maximum atomic E-state index is 5.29. The van der Waals surface area contributed by atoms with Crippen LogP contribution in [-0.2, 0) is 13.0 Å². The number of hydrogen-bond acceptors (Lipinski definition) is 3. The van der Waals surface area contributed by atoms with Gasteiger partial charge in [-0.25, -0.2) is 0 Å². The fourth-order valence-corrected chi connectivity index (χ4v) is 2.60. The van der Waals surface area contributed by atoms with Crippen molar-refractivity contribution in [3.8, 4) is 0 Å². The summed E-state index contributed by atoms with van der Waals surface area (Å²) in [5.74, 6) is 1.10. The van der Waals surface area contributed by atoms with Crippen molar-refractivity contribution in [1.82, 2.24) is 19.7 Å². The second-order valence-corrected chi connectivity index (χ2v) is 4.97. The van der Waals surface area contributed by atoms with Gasteiger partial charge in [0.25, 0.3) is 0 Å². The van der Waals surface area contributed by atoms with E-state index in [1.54, 1.807) is 0 Å². The SMILES string of the molecule is CCCc1n[nH]c(=S)n1CC1CCCN1C. The van der Waals surface area contributed by atoms with Crippen molar-refractivity contribution < 1.29 is 0 Å². The lowest BCUT2D eigenvalue weighted by atomic mass is 10.2. The van der Waals surface area contributed by atoms with Gasteiger partial charge in [-0.15, -0.1) is 0 Å². The van der Waals surface area contributed by atoms with E-state index < -0.39 is 0 Å². The highest BCUT2D eigenvalue weighted by Crippen LogP contribution is 2.17. The molecular formula is C11H20N4S. The number of likely N-dealkylation sites (tertiary alicyclic amines) is 1. The van der Waals surface area contributed by atoms with Crippen molar-refractivity contribution in [3.05, 3.63) is 10.6 Å². The summed E-state index contributed by atoms with van der Waals surface area (Å²) < 4.78 is 2.94. The van der Waals surface area contributed by atoms with Crippen LogP contribution in [-0.4, -0.2) is 39.3 Å². The average Bonchev–Trinajstić information content (AvgIpc) is 2.80. The Morgan fingerprint density at radius 3 is 3.00 bits per heavy atom. The van der Waals surface area contributed by atoms with Crippen LogP contribution in [0.3, 0.4) is 0 Å². The molecule has 0 amide bonds. The van der Waals surface area contributed by atoms with Crippen LogP contribution >= 0.6 is 12.2 Å². The molecular weight excluding hydrogens is 220 g/mol. The second kappa shape index (κ2) is 5.10. The molecule has 16 heavy (non-hydrogen) atoms. The van der Waals surface area contributed by atoms with E-state index in [1.807, 2.05) is 0 Å². The Bertz CT molecular complexity index is 395. The van der Waals surface area contributed by atoms with Crippen LogP contribution in [0.5, 0.6) is 0 Å². The molecule has 1 N–H and O–H groups in total. The van der Waals surface area contributed by atoms with E-state index in [1.165, 1.54) is 19.4 Å². The molecule has 0 aromatic carbocycles. The van der Waals surface area contributed by atoms with Gasteiger partial charge in [0.15, 0.2) is 4.77 Å². The van der Waals surface area contributed by atoms with Crippen LogP contribution in [0.1, 0.15) is 32.0 Å². The summed E-state index contributed by atoms with van der Waals surface area (Å²) in [6.45, 7) is 4.36. The largest absolute Gasteiger partial charge is 0.303 e. The Balaban J connectivity index is 2.13. The maximum absolute atomic E-state index is 5.29. The van der Waals surface area contributed by atoms with E-state index in [0.29, 0.717) is 6.04 Å². The van der Waals surface area contributed by atoms with Crippen molar-refractivity contribution in [2.24, 2.45) is 0 Å². The fraction of sp³-hybridized carbons (Fsp3) is 0.818. The summed E-state index contributed by atoms with van der Waals surface area (Å²) in [6, 6.07) is 0.625. The van der Waals surface area contributed by atoms with Gasteiger partial charge in [0.1, 0.15) is 5.82 Å². The molecule has 2 rings (SSSR count). The Kier molecular flexibility index (Phi) is 3.76. The van der Waals surface area contributed by atoms with Crippen LogP contribution in [0.4, 0.5) is 0 Å². The third-order valence-corrected chi connectivity index (χ3v) is 3.69. The molecule has 1 aromatic heterocycles. The van der Waals surface area contributed by atoms with Gasteiger partial charge in [0.05, 0.1) is 0 Å². The van der Waals surface area contributed by atoms with Gasteiger partial charge >= 0.3 is 0 Å². The molecule has 0 bridgehead atoms. The number of nitrogens with one attached hydrogen (secondary N) is 1. The topological polar surface area (TPSA) is 36.9 Å². The highest BCUT2D eigenvalue weighted by atomic mass is 32.1. The number of likely N-dealkylation sites (N-methyl/N-ethyl adjacent to an activating group) is 1. The zero-order valence-corrected chi connectivity index (χ0v) is 10.9. The molecule has 5 heteroatoms. The van der Waals surface area contributed by atoms with Gasteiger partial charge in [-0.2, -0.15) is 5.10 Å². The highest BCUT2D eigenvalue weighted by molar-refractivity contribution is 7.71. The zero-order valence-electron chi connectivity index (χ0n) is 10.1. The molecule has 1 aromatic rings. The predicted molar refractivity (Wildman–Crippen MR) is 67.1 cm³/mol. The van der Waals surface area contributed by atoms with Gasteiger partial charge in [0.2, 0.25) is 0 Å². The van der Waals surface area contributed by atoms with Gasteiger partial charge < -0.3 is 9.47 Å². The third kappa shape index (κ3) is 2.35. The zero-order chi connectivity index (χ0) is 11.5. The summed E-state index contributed by atoms with van der Waals surface area (Å²) >= 11 is 5.29. The molecule has 1 atom stereocenters. The molecule has 1 aliphatic heterocycles. The lowest BCUT2D eigenvalue weighted by molar-refractivity contribution is 0.279. The Morgan fingerprint density at radius 2 is 2.38 bits per heavy atom. The molecule has 1 unspecified atom stereocenters. The standard InChI is InChI=1S/C11H20N4S/c1-3-5-10-12-13-11(16)15(10)8-9-6-4-7-14(9)2/h9H,3-8H2,1-2H3,(H,13,16).